The number of benzene rings is 1. The quantitative estimate of drug-likeness (QED) is 0.657. The van der Waals surface area contributed by atoms with Gasteiger partial charge in [-0.1, -0.05) is 23.8 Å². The summed E-state index contributed by atoms with van der Waals surface area (Å²) >= 11 is 5.84. The third kappa shape index (κ3) is 1.54. The van der Waals surface area contributed by atoms with Gasteiger partial charge in [0.2, 0.25) is 11.8 Å². The fourth-order valence-electron chi connectivity index (χ4n) is 3.53. The zero-order valence-corrected chi connectivity index (χ0v) is 11.7. The molecule has 4 atom stereocenters. The van der Waals surface area contributed by atoms with Crippen LogP contribution in [0.5, 0.6) is 0 Å². The number of aliphatic hydroxyl groups is 1. The molecule has 4 rings (SSSR count). The summed E-state index contributed by atoms with van der Waals surface area (Å²) < 4.78 is 5.67. The molecule has 3 heterocycles. The Hall–Kier alpha value is -1.69. The van der Waals surface area contributed by atoms with Gasteiger partial charge in [0.1, 0.15) is 5.60 Å². The predicted molar refractivity (Wildman–Crippen MR) is 74.8 cm³/mol. The number of anilines is 1. The number of amides is 2. The summed E-state index contributed by atoms with van der Waals surface area (Å²) in [7, 11) is 0. The molecule has 108 valence electrons. The van der Waals surface area contributed by atoms with Crippen molar-refractivity contribution in [3.05, 3.63) is 41.4 Å². The number of ether oxygens (including phenoxy) is 1. The molecule has 2 amide bonds. The van der Waals surface area contributed by atoms with Crippen molar-refractivity contribution in [3.8, 4) is 0 Å². The molecule has 1 aromatic carbocycles. The molecule has 2 saturated heterocycles. The molecule has 5 nitrogen and oxygen atoms in total. The summed E-state index contributed by atoms with van der Waals surface area (Å²) in [5, 5.41) is 10.1. The highest BCUT2D eigenvalue weighted by Gasteiger charge is 2.67. The maximum absolute atomic E-state index is 12.7. The number of hydrogen-bond donors (Lipinski definition) is 1. The summed E-state index contributed by atoms with van der Waals surface area (Å²) in [6, 6.07) is 6.55. The Morgan fingerprint density at radius 2 is 1.95 bits per heavy atom. The minimum absolute atomic E-state index is 0.281. The minimum Gasteiger partial charge on any atom is -0.393 e. The van der Waals surface area contributed by atoms with E-state index in [0.717, 1.165) is 0 Å². The van der Waals surface area contributed by atoms with Gasteiger partial charge in [-0.25, -0.2) is 4.90 Å². The molecule has 21 heavy (non-hydrogen) atoms. The zero-order chi connectivity index (χ0) is 14.8. The SMILES string of the molecule is O=C1[C@H]2[C@@H]3C=C[C@@](CO)(O3)[C@@H]2C(=O)N1c1ccc(Cl)cc1. The van der Waals surface area contributed by atoms with Crippen LogP contribution in [0.15, 0.2) is 36.4 Å². The van der Waals surface area contributed by atoms with Crippen LogP contribution in [0.4, 0.5) is 5.69 Å². The van der Waals surface area contributed by atoms with E-state index >= 15 is 0 Å². The van der Waals surface area contributed by atoms with E-state index in [0.29, 0.717) is 10.7 Å². The van der Waals surface area contributed by atoms with Gasteiger partial charge in [0.05, 0.1) is 30.2 Å². The Morgan fingerprint density at radius 1 is 1.24 bits per heavy atom. The van der Waals surface area contributed by atoms with Gasteiger partial charge in [-0.2, -0.15) is 0 Å². The molecular formula is C15H12ClNO4. The van der Waals surface area contributed by atoms with Crippen molar-refractivity contribution in [1.29, 1.82) is 0 Å². The smallest absolute Gasteiger partial charge is 0.241 e. The van der Waals surface area contributed by atoms with Crippen molar-refractivity contribution in [2.45, 2.75) is 11.7 Å². The highest BCUT2D eigenvalue weighted by Crippen LogP contribution is 2.52. The van der Waals surface area contributed by atoms with E-state index in [1.807, 2.05) is 0 Å². The number of nitrogens with zero attached hydrogens (tertiary/aromatic N) is 1. The van der Waals surface area contributed by atoms with Gasteiger partial charge in [-0.15, -0.1) is 0 Å². The van der Waals surface area contributed by atoms with Crippen molar-refractivity contribution >= 4 is 29.1 Å². The van der Waals surface area contributed by atoms with Gasteiger partial charge in [0, 0.05) is 5.02 Å². The second-order valence-corrected chi connectivity index (χ2v) is 5.98. The second-order valence-electron chi connectivity index (χ2n) is 5.55. The largest absolute Gasteiger partial charge is 0.393 e. The zero-order valence-electron chi connectivity index (χ0n) is 10.9. The van der Waals surface area contributed by atoms with Crippen LogP contribution in [0.3, 0.4) is 0 Å². The Labute approximate surface area is 125 Å². The third-order valence-corrected chi connectivity index (χ3v) is 4.74. The van der Waals surface area contributed by atoms with E-state index in [1.54, 1.807) is 36.4 Å². The van der Waals surface area contributed by atoms with Crippen LogP contribution in [0.25, 0.3) is 0 Å². The van der Waals surface area contributed by atoms with Crippen molar-refractivity contribution in [3.63, 3.8) is 0 Å². The second kappa shape index (κ2) is 4.16. The number of aliphatic hydroxyl groups excluding tert-OH is 1. The molecule has 0 aliphatic carbocycles. The summed E-state index contributed by atoms with van der Waals surface area (Å²) in [6.07, 6.45) is 3.03. The summed E-state index contributed by atoms with van der Waals surface area (Å²) in [5.74, 6) is -1.81. The molecule has 3 aliphatic rings. The van der Waals surface area contributed by atoms with Gasteiger partial charge in [0.15, 0.2) is 0 Å². The fourth-order valence-corrected chi connectivity index (χ4v) is 3.65. The van der Waals surface area contributed by atoms with E-state index in [4.69, 9.17) is 16.3 Å². The van der Waals surface area contributed by atoms with Crippen LogP contribution in [0, 0.1) is 11.8 Å². The number of rotatable bonds is 2. The number of imide groups is 1. The standard InChI is InChI=1S/C15H12ClNO4/c16-8-1-3-9(4-2-8)17-13(19)11-10-5-6-15(7-18,21-10)12(11)14(17)20/h1-6,10-12,18H,7H2/t10-,11-,12-,15-/m0/s1. The molecule has 6 heteroatoms. The van der Waals surface area contributed by atoms with Gasteiger partial charge >= 0.3 is 0 Å². The number of fused-ring (bicyclic) bond motifs is 5. The molecule has 2 fully saturated rings. The lowest BCUT2D eigenvalue weighted by Crippen LogP contribution is -2.43. The van der Waals surface area contributed by atoms with Crippen LogP contribution < -0.4 is 4.90 Å². The predicted octanol–water partition coefficient (Wildman–Crippen LogP) is 1.15. The molecule has 0 spiro atoms. The summed E-state index contributed by atoms with van der Waals surface area (Å²) in [5.41, 5.74) is -0.556. The van der Waals surface area contributed by atoms with Crippen molar-refractivity contribution in [1.82, 2.24) is 0 Å². The van der Waals surface area contributed by atoms with Crippen molar-refractivity contribution in [2.24, 2.45) is 11.8 Å². The maximum Gasteiger partial charge on any atom is 0.241 e. The highest BCUT2D eigenvalue weighted by atomic mass is 35.5. The maximum atomic E-state index is 12.7. The number of halogens is 1. The molecule has 0 radical (unpaired) electrons. The average molecular weight is 306 g/mol. The van der Waals surface area contributed by atoms with Crippen LogP contribution >= 0.6 is 11.6 Å². The molecule has 2 bridgehead atoms. The number of carbonyl (C=O) groups is 2. The lowest BCUT2D eigenvalue weighted by atomic mass is 9.77. The first-order valence-electron chi connectivity index (χ1n) is 6.69. The first-order chi connectivity index (χ1) is 10.1. The van der Waals surface area contributed by atoms with E-state index in [1.165, 1.54) is 4.90 Å². The van der Waals surface area contributed by atoms with E-state index < -0.39 is 23.5 Å². The van der Waals surface area contributed by atoms with E-state index in [-0.39, 0.29) is 18.4 Å². The topological polar surface area (TPSA) is 66.8 Å². The fraction of sp³-hybridized carbons (Fsp3) is 0.333. The highest BCUT2D eigenvalue weighted by molar-refractivity contribution is 6.31. The molecule has 0 saturated carbocycles. The van der Waals surface area contributed by atoms with Crippen LogP contribution in [-0.2, 0) is 14.3 Å². The minimum atomic E-state index is -1.05. The molecular weight excluding hydrogens is 294 g/mol. The van der Waals surface area contributed by atoms with Gasteiger partial charge in [0.25, 0.3) is 0 Å². The lowest BCUT2D eigenvalue weighted by molar-refractivity contribution is -0.128. The number of carbonyl (C=O) groups excluding carboxylic acids is 2. The monoisotopic (exact) mass is 305 g/mol. The molecule has 3 aliphatic heterocycles. The Kier molecular flexibility index (Phi) is 2.58. The van der Waals surface area contributed by atoms with Crippen LogP contribution in [0.2, 0.25) is 5.02 Å². The molecule has 1 aromatic rings. The first-order valence-corrected chi connectivity index (χ1v) is 7.07. The van der Waals surface area contributed by atoms with Gasteiger partial charge in [-0.3, -0.25) is 9.59 Å². The summed E-state index contributed by atoms with van der Waals surface area (Å²) in [6.45, 7) is -0.311. The van der Waals surface area contributed by atoms with Crippen LogP contribution in [-0.4, -0.2) is 35.2 Å². The third-order valence-electron chi connectivity index (χ3n) is 4.49. The molecule has 1 N–H and O–H groups in total. The van der Waals surface area contributed by atoms with E-state index in [2.05, 4.69) is 0 Å². The summed E-state index contributed by atoms with van der Waals surface area (Å²) in [4.78, 5) is 26.5. The van der Waals surface area contributed by atoms with Crippen LogP contribution in [0.1, 0.15) is 0 Å². The first kappa shape index (κ1) is 13.0. The molecule has 0 unspecified atom stereocenters. The average Bonchev–Trinajstić information content (AvgIpc) is 3.12. The van der Waals surface area contributed by atoms with Gasteiger partial charge < -0.3 is 9.84 Å². The Balaban J connectivity index is 1.77. The van der Waals surface area contributed by atoms with E-state index in [9.17, 15) is 14.7 Å². The van der Waals surface area contributed by atoms with Crippen molar-refractivity contribution < 1.29 is 19.4 Å². The molecule has 0 aromatic heterocycles. The number of hydrogen-bond acceptors (Lipinski definition) is 4. The van der Waals surface area contributed by atoms with Crippen molar-refractivity contribution in [2.75, 3.05) is 11.5 Å². The normalized spacial score (nSPS) is 36.7. The van der Waals surface area contributed by atoms with Gasteiger partial charge in [-0.05, 0) is 24.3 Å². The Bertz CT molecular complexity index is 671. The lowest BCUT2D eigenvalue weighted by Gasteiger charge is -2.26. The Morgan fingerprint density at radius 3 is 2.62 bits per heavy atom.